The SMILES string of the molecule is [CH2-]CC(=[C-][Si](C)(C)C)CCCC.[Zr+4].c1cc[cH-]c1.c1cc[cH-]c1. The molecule has 124 valence electrons. The molecule has 2 heteroatoms. The molecule has 0 aliphatic rings. The van der Waals surface area contributed by atoms with Gasteiger partial charge in [-0.1, -0.05) is 45.8 Å². The van der Waals surface area contributed by atoms with E-state index in [4.69, 9.17) is 0 Å². The van der Waals surface area contributed by atoms with Crippen LogP contribution in [0.2, 0.25) is 19.6 Å². The van der Waals surface area contributed by atoms with Crippen molar-refractivity contribution in [3.63, 3.8) is 0 Å². The minimum Gasteiger partial charge on any atom is -0.501 e. The third kappa shape index (κ3) is 19.5. The molecule has 0 bridgehead atoms. The second-order valence-corrected chi connectivity index (χ2v) is 11.0. The first kappa shape index (κ1) is 24.8. The summed E-state index contributed by atoms with van der Waals surface area (Å²) >= 11 is 0. The van der Waals surface area contributed by atoms with Gasteiger partial charge in [-0.3, -0.25) is 5.57 Å². The first-order chi connectivity index (χ1) is 10.5. The fourth-order valence-corrected chi connectivity index (χ4v) is 3.12. The Morgan fingerprint density at radius 1 is 0.957 bits per heavy atom. The Hall–Kier alpha value is -0.460. The van der Waals surface area contributed by atoms with Gasteiger partial charge in [-0.25, -0.2) is 24.3 Å². The molecule has 2 rings (SSSR count). The molecule has 23 heavy (non-hydrogen) atoms. The third-order valence-electron chi connectivity index (χ3n) is 2.80. The summed E-state index contributed by atoms with van der Waals surface area (Å²) in [7, 11) is -1.12. The number of allylic oxidation sites excluding steroid dienone is 1. The Kier molecular flexibility index (Phi) is 17.7. The molecule has 0 spiro atoms. The van der Waals surface area contributed by atoms with Crippen LogP contribution in [0.5, 0.6) is 0 Å². The summed E-state index contributed by atoms with van der Waals surface area (Å²) in [4.78, 5) is 0. The second kappa shape index (κ2) is 16.4. The van der Waals surface area contributed by atoms with Crippen LogP contribution in [0.1, 0.15) is 32.6 Å². The third-order valence-corrected chi connectivity index (χ3v) is 3.90. The molecule has 0 aromatic heterocycles. The monoisotopic (exact) mass is 402 g/mol. The normalized spacial score (nSPS) is 10.6. The van der Waals surface area contributed by atoms with E-state index in [0.717, 1.165) is 6.42 Å². The molecule has 0 fully saturated rings. The van der Waals surface area contributed by atoms with Crippen LogP contribution in [0.15, 0.2) is 66.2 Å². The maximum atomic E-state index is 3.95. The molecule has 0 aliphatic carbocycles. The maximum absolute atomic E-state index is 3.95. The van der Waals surface area contributed by atoms with Gasteiger partial charge in [-0.05, 0) is 0 Å². The summed E-state index contributed by atoms with van der Waals surface area (Å²) in [5, 5.41) is 0. The van der Waals surface area contributed by atoms with Gasteiger partial charge in [-0.15, -0.1) is 8.07 Å². The van der Waals surface area contributed by atoms with Crippen molar-refractivity contribution < 1.29 is 26.2 Å². The second-order valence-electron chi connectivity index (χ2n) is 6.26. The molecule has 0 nitrogen and oxygen atoms in total. The average molecular weight is 404 g/mol. The molecular formula is C21H32SiZr. The zero-order valence-electron chi connectivity index (χ0n) is 15.3. The van der Waals surface area contributed by atoms with Crippen LogP contribution >= 0.6 is 0 Å². The van der Waals surface area contributed by atoms with Crippen molar-refractivity contribution in [3.05, 3.63) is 78.9 Å². The fraction of sp³-hybridized carbons (Fsp3) is 0.381. The van der Waals surface area contributed by atoms with E-state index in [1.807, 2.05) is 60.7 Å². The number of hydrogen-bond donors (Lipinski definition) is 0. The molecule has 0 N–H and O–H groups in total. The molecule has 0 aliphatic heterocycles. The van der Waals surface area contributed by atoms with Crippen molar-refractivity contribution in [1.29, 1.82) is 0 Å². The van der Waals surface area contributed by atoms with Crippen molar-refractivity contribution in [3.8, 4) is 0 Å². The van der Waals surface area contributed by atoms with Crippen molar-refractivity contribution in [2.75, 3.05) is 0 Å². The van der Waals surface area contributed by atoms with Gasteiger partial charge in [0.15, 0.2) is 0 Å². The predicted octanol–water partition coefficient (Wildman–Crippen LogP) is 6.82. The van der Waals surface area contributed by atoms with E-state index in [1.54, 1.807) is 0 Å². The number of unbranched alkanes of at least 4 members (excludes halogenated alkanes) is 1. The topological polar surface area (TPSA) is 0 Å². The molecule has 0 unspecified atom stereocenters. The summed E-state index contributed by atoms with van der Waals surface area (Å²) in [6.07, 6.45) is 4.73. The molecule has 0 saturated carbocycles. The van der Waals surface area contributed by atoms with Gasteiger partial charge in [0.1, 0.15) is 0 Å². The van der Waals surface area contributed by atoms with Gasteiger partial charge in [0.2, 0.25) is 0 Å². The van der Waals surface area contributed by atoms with Crippen LogP contribution in [0.25, 0.3) is 0 Å². The molecule has 0 saturated heterocycles. The van der Waals surface area contributed by atoms with Gasteiger partial charge < -0.3 is 12.6 Å². The largest absolute Gasteiger partial charge is 4.00 e. The van der Waals surface area contributed by atoms with Crippen LogP contribution in [0.3, 0.4) is 0 Å². The summed E-state index contributed by atoms with van der Waals surface area (Å²) in [6, 6.07) is 20.0. The first-order valence-electron chi connectivity index (χ1n) is 8.25. The van der Waals surface area contributed by atoms with E-state index in [9.17, 15) is 0 Å². The van der Waals surface area contributed by atoms with Gasteiger partial charge in [0.05, 0.1) is 0 Å². The van der Waals surface area contributed by atoms with Crippen LogP contribution in [0.4, 0.5) is 0 Å². The van der Waals surface area contributed by atoms with E-state index in [1.165, 1.54) is 24.8 Å². The smallest absolute Gasteiger partial charge is 0.501 e. The summed E-state index contributed by atoms with van der Waals surface area (Å²) < 4.78 is 0. The Bertz CT molecular complexity index is 372. The van der Waals surface area contributed by atoms with Crippen LogP contribution < -0.4 is 0 Å². The van der Waals surface area contributed by atoms with Crippen molar-refractivity contribution in [2.45, 2.75) is 52.2 Å². The van der Waals surface area contributed by atoms with E-state index in [0.29, 0.717) is 0 Å². The summed E-state index contributed by atoms with van der Waals surface area (Å²) in [6.45, 7) is 13.2. The van der Waals surface area contributed by atoms with E-state index in [2.05, 4.69) is 39.2 Å². The van der Waals surface area contributed by atoms with E-state index in [-0.39, 0.29) is 26.2 Å². The summed E-state index contributed by atoms with van der Waals surface area (Å²) in [5.41, 5.74) is 5.09. The molecular weight excluding hydrogens is 372 g/mol. The zero-order chi connectivity index (χ0) is 16.7. The minimum absolute atomic E-state index is 0. The maximum Gasteiger partial charge on any atom is 4.00 e. The number of rotatable bonds is 5. The summed E-state index contributed by atoms with van der Waals surface area (Å²) in [5.74, 6) is 0. The standard InChI is InChI=1S/C11H22Si.2C5H5.Zr/c1-6-8-9-11(7-2)10-12(3,4)5;2*1-2-4-5-3-1;/h2,6-9H2,1,3-5H3;2*1-5H;/q-2;2*-1;+4. The van der Waals surface area contributed by atoms with Crippen LogP contribution in [0, 0.1) is 12.6 Å². The molecule has 0 atom stereocenters. The van der Waals surface area contributed by atoms with Crippen molar-refractivity contribution >= 4 is 8.07 Å². The quantitative estimate of drug-likeness (QED) is 0.379. The molecule has 0 heterocycles. The fourth-order valence-electron chi connectivity index (χ4n) is 1.81. The first-order valence-corrected chi connectivity index (χ1v) is 11.7. The van der Waals surface area contributed by atoms with Crippen molar-refractivity contribution in [2.24, 2.45) is 0 Å². The zero-order valence-corrected chi connectivity index (χ0v) is 18.8. The molecule has 0 amide bonds. The van der Waals surface area contributed by atoms with Crippen molar-refractivity contribution in [1.82, 2.24) is 0 Å². The average Bonchev–Trinajstić information content (AvgIpc) is 3.19. The molecule has 2 aromatic carbocycles. The van der Waals surface area contributed by atoms with Crippen LogP contribution in [-0.2, 0) is 26.2 Å². The minimum atomic E-state index is -1.12. The number of hydrogen-bond acceptors (Lipinski definition) is 0. The van der Waals surface area contributed by atoms with Gasteiger partial charge in [0.25, 0.3) is 0 Å². The molecule has 2 aromatic rings. The Morgan fingerprint density at radius 2 is 1.39 bits per heavy atom. The van der Waals surface area contributed by atoms with E-state index >= 15 is 0 Å². The predicted molar refractivity (Wildman–Crippen MR) is 104 cm³/mol. The Labute approximate surface area is 164 Å². The Morgan fingerprint density at radius 3 is 1.61 bits per heavy atom. The van der Waals surface area contributed by atoms with Gasteiger partial charge in [0, 0.05) is 0 Å². The van der Waals surface area contributed by atoms with Gasteiger partial charge >= 0.3 is 26.2 Å². The Balaban J connectivity index is 0. The van der Waals surface area contributed by atoms with Crippen LogP contribution in [-0.4, -0.2) is 8.07 Å². The van der Waals surface area contributed by atoms with E-state index < -0.39 is 8.07 Å². The molecule has 0 radical (unpaired) electrons. The van der Waals surface area contributed by atoms with Gasteiger partial charge in [-0.2, -0.15) is 42.8 Å².